The molecular formula is C17H17BrN4OS. The van der Waals surface area contributed by atoms with Gasteiger partial charge in [-0.2, -0.15) is 5.10 Å². The van der Waals surface area contributed by atoms with Gasteiger partial charge in [0.15, 0.2) is 5.82 Å². The second-order valence-electron chi connectivity index (χ2n) is 5.07. The summed E-state index contributed by atoms with van der Waals surface area (Å²) in [5.41, 5.74) is 5.34. The number of ether oxygens (including phenoxy) is 1. The van der Waals surface area contributed by atoms with Crippen molar-refractivity contribution in [1.82, 2.24) is 14.9 Å². The van der Waals surface area contributed by atoms with Gasteiger partial charge in [-0.25, -0.2) is 9.77 Å². The van der Waals surface area contributed by atoms with Crippen LogP contribution in [0, 0.1) is 4.77 Å². The molecule has 0 aliphatic rings. The van der Waals surface area contributed by atoms with Crippen LogP contribution in [0.25, 0.3) is 11.4 Å². The van der Waals surface area contributed by atoms with E-state index in [4.69, 9.17) is 17.0 Å². The van der Waals surface area contributed by atoms with Crippen LogP contribution < -0.4 is 10.2 Å². The van der Waals surface area contributed by atoms with Crippen molar-refractivity contribution in [2.45, 2.75) is 13.5 Å². The number of nitrogens with one attached hydrogen (secondary N) is 2. The topological polar surface area (TPSA) is 54.9 Å². The van der Waals surface area contributed by atoms with Crippen LogP contribution in [0.1, 0.15) is 12.5 Å². The molecular weight excluding hydrogens is 388 g/mol. The Bertz CT molecular complexity index is 876. The summed E-state index contributed by atoms with van der Waals surface area (Å²) in [5, 5.41) is 7.15. The molecule has 3 rings (SSSR count). The van der Waals surface area contributed by atoms with Crippen molar-refractivity contribution in [3.05, 3.63) is 63.3 Å². The minimum atomic E-state index is 0.516. The number of aromatic nitrogens is 3. The highest BCUT2D eigenvalue weighted by atomic mass is 79.9. The van der Waals surface area contributed by atoms with E-state index in [1.54, 1.807) is 4.68 Å². The predicted octanol–water partition coefficient (Wildman–Crippen LogP) is 4.51. The van der Waals surface area contributed by atoms with Crippen molar-refractivity contribution < 1.29 is 4.74 Å². The van der Waals surface area contributed by atoms with Gasteiger partial charge in [-0.1, -0.05) is 46.3 Å². The summed E-state index contributed by atoms with van der Waals surface area (Å²) in [5.74, 6) is 1.60. The summed E-state index contributed by atoms with van der Waals surface area (Å²) in [6, 6.07) is 15.9. The van der Waals surface area contributed by atoms with E-state index in [1.165, 1.54) is 0 Å². The number of nitrogens with zero attached hydrogens (tertiary/aromatic N) is 2. The largest absolute Gasteiger partial charge is 0.494 e. The maximum atomic E-state index is 5.69. The van der Waals surface area contributed by atoms with E-state index in [2.05, 4.69) is 31.6 Å². The van der Waals surface area contributed by atoms with Gasteiger partial charge in [0.25, 0.3) is 0 Å². The lowest BCUT2D eigenvalue weighted by Gasteiger charge is -2.14. The smallest absolute Gasteiger partial charge is 0.214 e. The molecule has 24 heavy (non-hydrogen) atoms. The zero-order valence-electron chi connectivity index (χ0n) is 13.1. The molecule has 0 aliphatic carbocycles. The fourth-order valence-electron chi connectivity index (χ4n) is 2.37. The Labute approximate surface area is 153 Å². The predicted molar refractivity (Wildman–Crippen MR) is 101 cm³/mol. The molecule has 0 saturated carbocycles. The zero-order valence-corrected chi connectivity index (χ0v) is 15.5. The van der Waals surface area contributed by atoms with Gasteiger partial charge in [0.2, 0.25) is 4.77 Å². The third-order valence-corrected chi connectivity index (χ3v) is 4.22. The first kappa shape index (κ1) is 16.7. The number of rotatable bonds is 6. The first-order valence-electron chi connectivity index (χ1n) is 7.57. The van der Waals surface area contributed by atoms with Gasteiger partial charge in [0.05, 0.1) is 13.2 Å². The lowest BCUT2D eigenvalue weighted by atomic mass is 10.2. The zero-order chi connectivity index (χ0) is 16.9. The highest BCUT2D eigenvalue weighted by Gasteiger charge is 2.10. The average molecular weight is 405 g/mol. The van der Waals surface area contributed by atoms with Crippen LogP contribution in [0.4, 0.5) is 0 Å². The Morgan fingerprint density at radius 2 is 2.04 bits per heavy atom. The minimum Gasteiger partial charge on any atom is -0.494 e. The summed E-state index contributed by atoms with van der Waals surface area (Å²) < 4.78 is 8.98. The van der Waals surface area contributed by atoms with Gasteiger partial charge in [-0.15, -0.1) is 0 Å². The fraction of sp³-hybridized carbons (Fsp3) is 0.176. The Kier molecular flexibility index (Phi) is 5.32. The highest BCUT2D eigenvalue weighted by molar-refractivity contribution is 9.10. The maximum Gasteiger partial charge on any atom is 0.214 e. The second kappa shape index (κ2) is 7.63. The molecule has 0 bridgehead atoms. The molecule has 1 heterocycles. The van der Waals surface area contributed by atoms with Crippen LogP contribution in [-0.2, 0) is 6.54 Å². The molecule has 0 atom stereocenters. The van der Waals surface area contributed by atoms with E-state index < -0.39 is 0 Å². The summed E-state index contributed by atoms with van der Waals surface area (Å²) in [6.07, 6.45) is 0. The molecule has 0 radical (unpaired) electrons. The molecule has 0 saturated heterocycles. The van der Waals surface area contributed by atoms with Crippen molar-refractivity contribution in [3.63, 3.8) is 0 Å². The SMILES string of the molecule is CCOc1ccc(Br)cc1CNn1c(-c2ccccc2)n[nH]c1=S. The van der Waals surface area contributed by atoms with Crippen LogP contribution in [0.15, 0.2) is 53.0 Å². The average Bonchev–Trinajstić information content (AvgIpc) is 2.97. The molecule has 3 aromatic rings. The first-order valence-corrected chi connectivity index (χ1v) is 8.77. The van der Waals surface area contributed by atoms with Crippen LogP contribution in [0.2, 0.25) is 0 Å². The maximum absolute atomic E-state index is 5.69. The minimum absolute atomic E-state index is 0.516. The third-order valence-electron chi connectivity index (χ3n) is 3.45. The van der Waals surface area contributed by atoms with E-state index in [0.717, 1.165) is 27.2 Å². The Hall–Kier alpha value is -2.12. The summed E-state index contributed by atoms with van der Waals surface area (Å²) in [7, 11) is 0. The van der Waals surface area contributed by atoms with E-state index in [9.17, 15) is 0 Å². The molecule has 7 heteroatoms. The van der Waals surface area contributed by atoms with E-state index in [1.807, 2.05) is 55.5 Å². The number of aromatic amines is 1. The van der Waals surface area contributed by atoms with Gasteiger partial charge in [0, 0.05) is 15.6 Å². The molecule has 0 spiro atoms. The van der Waals surface area contributed by atoms with Crippen molar-refractivity contribution >= 4 is 28.1 Å². The first-order chi connectivity index (χ1) is 11.7. The standard InChI is InChI=1S/C17H17BrN4OS/c1-2-23-15-9-8-14(18)10-13(15)11-19-22-16(20-21-17(22)24)12-6-4-3-5-7-12/h3-10,19H,2,11H2,1H3,(H,21,24). The quantitative estimate of drug-likeness (QED) is 0.593. The number of benzene rings is 2. The van der Waals surface area contributed by atoms with Crippen LogP contribution >= 0.6 is 28.1 Å². The van der Waals surface area contributed by atoms with Crippen molar-refractivity contribution in [2.75, 3.05) is 12.0 Å². The highest BCUT2D eigenvalue weighted by Crippen LogP contribution is 2.24. The lowest BCUT2D eigenvalue weighted by molar-refractivity contribution is 0.336. The molecule has 2 N–H and O–H groups in total. The van der Waals surface area contributed by atoms with Gasteiger partial charge in [-0.05, 0) is 37.3 Å². The molecule has 0 unspecified atom stereocenters. The lowest BCUT2D eigenvalue weighted by Crippen LogP contribution is -2.16. The summed E-state index contributed by atoms with van der Waals surface area (Å²) in [6.45, 7) is 3.15. The number of H-pyrrole nitrogens is 1. The van der Waals surface area contributed by atoms with Crippen molar-refractivity contribution in [2.24, 2.45) is 0 Å². The monoisotopic (exact) mass is 404 g/mol. The van der Waals surface area contributed by atoms with Gasteiger partial charge < -0.3 is 10.2 Å². The molecule has 124 valence electrons. The number of hydrogen-bond acceptors (Lipinski definition) is 4. The Balaban J connectivity index is 1.87. The molecule has 0 amide bonds. The van der Waals surface area contributed by atoms with E-state index in [0.29, 0.717) is 17.9 Å². The summed E-state index contributed by atoms with van der Waals surface area (Å²) >= 11 is 8.84. The Morgan fingerprint density at radius 3 is 2.79 bits per heavy atom. The van der Waals surface area contributed by atoms with Crippen LogP contribution in [0.3, 0.4) is 0 Å². The summed E-state index contributed by atoms with van der Waals surface area (Å²) in [4.78, 5) is 0. The normalized spacial score (nSPS) is 10.6. The Morgan fingerprint density at radius 1 is 1.25 bits per heavy atom. The second-order valence-corrected chi connectivity index (χ2v) is 6.38. The third kappa shape index (κ3) is 3.68. The van der Waals surface area contributed by atoms with Crippen molar-refractivity contribution in [1.29, 1.82) is 0 Å². The van der Waals surface area contributed by atoms with E-state index in [-0.39, 0.29) is 0 Å². The van der Waals surface area contributed by atoms with Gasteiger partial charge in [-0.3, -0.25) is 0 Å². The molecule has 0 fully saturated rings. The van der Waals surface area contributed by atoms with Gasteiger partial charge >= 0.3 is 0 Å². The molecule has 2 aromatic carbocycles. The number of halogens is 1. The van der Waals surface area contributed by atoms with Crippen LogP contribution in [-0.4, -0.2) is 21.5 Å². The fourth-order valence-corrected chi connectivity index (χ4v) is 2.98. The molecule has 1 aromatic heterocycles. The van der Waals surface area contributed by atoms with Crippen molar-refractivity contribution in [3.8, 4) is 17.1 Å². The van der Waals surface area contributed by atoms with Gasteiger partial charge in [0.1, 0.15) is 5.75 Å². The van der Waals surface area contributed by atoms with Crippen LogP contribution in [0.5, 0.6) is 5.75 Å². The number of hydrogen-bond donors (Lipinski definition) is 2. The molecule has 0 aliphatic heterocycles. The molecule has 5 nitrogen and oxygen atoms in total. The van der Waals surface area contributed by atoms with E-state index >= 15 is 0 Å².